The number of hydrogen-bond acceptors (Lipinski definition) is 2. The fourth-order valence-electron chi connectivity index (χ4n) is 0.904. The maximum atomic E-state index is 11.2. The number of allylic oxidation sites excluding steroid dienone is 2. The second-order valence-corrected chi connectivity index (χ2v) is 4.90. The number of ketones is 1. The Morgan fingerprint density at radius 2 is 1.90 bits per heavy atom. The predicted octanol–water partition coefficient (Wildman–Crippen LogP) is 2.37. The Balaban J connectivity index is 2.83. The maximum absolute atomic E-state index is 11.2. The second-order valence-electron chi connectivity index (χ2n) is 3.27. The fourth-order valence-corrected chi connectivity index (χ4v) is 2.01. The monoisotopic (exact) mass is 156 g/mol. The van der Waals surface area contributed by atoms with Gasteiger partial charge >= 0.3 is 0 Å². The van der Waals surface area contributed by atoms with Gasteiger partial charge in [-0.05, 0) is 27.7 Å². The van der Waals surface area contributed by atoms with Gasteiger partial charge in [0.25, 0.3) is 0 Å². The van der Waals surface area contributed by atoms with Crippen LogP contribution in [0, 0.1) is 0 Å². The normalized spacial score (nSPS) is 22.4. The largest absolute Gasteiger partial charge is 0.292 e. The van der Waals surface area contributed by atoms with Crippen molar-refractivity contribution in [3.8, 4) is 0 Å². The third kappa shape index (κ3) is 1.01. The highest BCUT2D eigenvalue weighted by molar-refractivity contribution is 8.09. The third-order valence-corrected chi connectivity index (χ3v) is 3.06. The van der Waals surface area contributed by atoms with Crippen molar-refractivity contribution < 1.29 is 4.79 Å². The summed E-state index contributed by atoms with van der Waals surface area (Å²) >= 11 is 1.68. The van der Waals surface area contributed by atoms with Crippen molar-refractivity contribution >= 4 is 17.5 Å². The Morgan fingerprint density at radius 3 is 2.00 bits per heavy atom. The van der Waals surface area contributed by atoms with E-state index in [0.717, 1.165) is 10.5 Å². The van der Waals surface area contributed by atoms with Crippen molar-refractivity contribution in [1.82, 2.24) is 0 Å². The lowest BCUT2D eigenvalue weighted by Crippen LogP contribution is -2.38. The van der Waals surface area contributed by atoms with E-state index in [2.05, 4.69) is 0 Å². The number of thioether (sulfide) groups is 1. The third-order valence-electron chi connectivity index (χ3n) is 1.56. The van der Waals surface area contributed by atoms with Gasteiger partial charge in [-0.3, -0.25) is 4.79 Å². The lowest BCUT2D eigenvalue weighted by molar-refractivity contribution is -0.117. The summed E-state index contributed by atoms with van der Waals surface area (Å²) in [6.07, 6.45) is 0. The van der Waals surface area contributed by atoms with Crippen molar-refractivity contribution in [2.24, 2.45) is 0 Å². The first-order chi connectivity index (χ1) is 4.45. The van der Waals surface area contributed by atoms with Crippen molar-refractivity contribution in [3.05, 3.63) is 10.5 Å². The van der Waals surface area contributed by atoms with Gasteiger partial charge in [-0.25, -0.2) is 0 Å². The van der Waals surface area contributed by atoms with Gasteiger partial charge < -0.3 is 0 Å². The Kier molecular flexibility index (Phi) is 1.67. The molecule has 0 atom stereocenters. The molecule has 0 aliphatic carbocycles. The van der Waals surface area contributed by atoms with E-state index in [-0.39, 0.29) is 4.75 Å². The van der Waals surface area contributed by atoms with Crippen molar-refractivity contribution in [3.63, 3.8) is 0 Å². The van der Waals surface area contributed by atoms with Crippen LogP contribution in [0.3, 0.4) is 0 Å². The summed E-state index contributed by atoms with van der Waals surface area (Å²) in [5.74, 6) is 0.303. The first-order valence-electron chi connectivity index (χ1n) is 3.36. The zero-order chi connectivity index (χ0) is 7.94. The molecule has 0 N–H and O–H groups in total. The van der Waals surface area contributed by atoms with E-state index in [9.17, 15) is 4.79 Å². The molecule has 1 aliphatic rings. The van der Waals surface area contributed by atoms with E-state index in [1.54, 1.807) is 11.8 Å². The number of carbonyl (C=O) groups is 1. The summed E-state index contributed by atoms with van der Waals surface area (Å²) in [5, 5.41) is 0. The standard InChI is InChI=1S/C8H12OS/c1-5(2)6-7(9)8(3,4)10-6/h1-4H3. The van der Waals surface area contributed by atoms with Crippen molar-refractivity contribution in [2.75, 3.05) is 0 Å². The smallest absolute Gasteiger partial charge is 0.184 e. The average molecular weight is 156 g/mol. The molecule has 0 aromatic rings. The molecule has 0 radical (unpaired) electrons. The van der Waals surface area contributed by atoms with E-state index in [0.29, 0.717) is 5.78 Å². The summed E-state index contributed by atoms with van der Waals surface area (Å²) in [7, 11) is 0. The highest BCUT2D eigenvalue weighted by Gasteiger charge is 2.43. The first-order valence-corrected chi connectivity index (χ1v) is 4.18. The zero-order valence-corrected chi connectivity index (χ0v) is 7.63. The molecule has 1 fully saturated rings. The van der Waals surface area contributed by atoms with Crippen LogP contribution in [0.5, 0.6) is 0 Å². The molecule has 0 spiro atoms. The van der Waals surface area contributed by atoms with Gasteiger partial charge in [-0.1, -0.05) is 5.57 Å². The molecular formula is C8H12OS. The fraction of sp³-hybridized carbons (Fsp3) is 0.625. The summed E-state index contributed by atoms with van der Waals surface area (Å²) in [5.41, 5.74) is 1.15. The molecular weight excluding hydrogens is 144 g/mol. The van der Waals surface area contributed by atoms with Crippen LogP contribution >= 0.6 is 11.8 Å². The van der Waals surface area contributed by atoms with Gasteiger partial charge in [0.15, 0.2) is 5.78 Å². The minimum absolute atomic E-state index is 0.146. The Morgan fingerprint density at radius 1 is 1.40 bits per heavy atom. The molecule has 1 nitrogen and oxygen atoms in total. The molecule has 0 aromatic heterocycles. The number of rotatable bonds is 0. The molecule has 1 rings (SSSR count). The summed E-state index contributed by atoms with van der Waals surface area (Å²) in [4.78, 5) is 12.2. The molecule has 0 unspecified atom stereocenters. The van der Waals surface area contributed by atoms with Crippen LogP contribution in [0.15, 0.2) is 10.5 Å². The quantitative estimate of drug-likeness (QED) is 0.501. The highest BCUT2D eigenvalue weighted by atomic mass is 32.2. The molecule has 1 heterocycles. The van der Waals surface area contributed by atoms with E-state index >= 15 is 0 Å². The van der Waals surface area contributed by atoms with Gasteiger partial charge in [-0.2, -0.15) is 0 Å². The highest BCUT2D eigenvalue weighted by Crippen LogP contribution is 2.47. The Bertz CT molecular complexity index is 209. The zero-order valence-electron chi connectivity index (χ0n) is 6.82. The second kappa shape index (κ2) is 2.12. The maximum Gasteiger partial charge on any atom is 0.184 e. The Labute approximate surface area is 65.9 Å². The van der Waals surface area contributed by atoms with Crippen molar-refractivity contribution in [1.29, 1.82) is 0 Å². The molecule has 10 heavy (non-hydrogen) atoms. The first kappa shape index (κ1) is 7.86. The van der Waals surface area contributed by atoms with E-state index in [1.807, 2.05) is 27.7 Å². The molecule has 0 saturated carbocycles. The molecule has 0 bridgehead atoms. The lowest BCUT2D eigenvalue weighted by atomic mass is 10.0. The van der Waals surface area contributed by atoms with Crippen LogP contribution in [-0.4, -0.2) is 10.5 Å². The molecule has 1 aliphatic heterocycles. The predicted molar refractivity (Wildman–Crippen MR) is 45.1 cm³/mol. The minimum atomic E-state index is -0.146. The van der Waals surface area contributed by atoms with Crippen LogP contribution in [-0.2, 0) is 4.79 Å². The molecule has 1 saturated heterocycles. The van der Waals surface area contributed by atoms with Gasteiger partial charge in [0, 0.05) is 0 Å². The number of Topliss-reactive ketones (excluding diaryl/α,β-unsaturated/α-hetero) is 1. The summed E-state index contributed by atoms with van der Waals surface area (Å²) in [6.45, 7) is 7.89. The SMILES string of the molecule is CC(C)=C1SC(C)(C)C1=O. The lowest BCUT2D eigenvalue weighted by Gasteiger charge is -2.34. The van der Waals surface area contributed by atoms with E-state index < -0.39 is 0 Å². The van der Waals surface area contributed by atoms with Gasteiger partial charge in [-0.15, -0.1) is 11.8 Å². The Hall–Kier alpha value is -0.240. The van der Waals surface area contributed by atoms with Crippen molar-refractivity contribution in [2.45, 2.75) is 32.4 Å². The van der Waals surface area contributed by atoms with Crippen LogP contribution in [0.2, 0.25) is 0 Å². The minimum Gasteiger partial charge on any atom is -0.292 e. The average Bonchev–Trinajstić information content (AvgIpc) is 1.82. The van der Waals surface area contributed by atoms with E-state index in [4.69, 9.17) is 0 Å². The number of hydrogen-bond donors (Lipinski definition) is 0. The van der Waals surface area contributed by atoms with E-state index in [1.165, 1.54) is 0 Å². The van der Waals surface area contributed by atoms with Crippen LogP contribution < -0.4 is 0 Å². The van der Waals surface area contributed by atoms with Gasteiger partial charge in [0.05, 0.1) is 9.65 Å². The summed E-state index contributed by atoms with van der Waals surface area (Å²) < 4.78 is -0.146. The molecule has 0 amide bonds. The summed E-state index contributed by atoms with van der Waals surface area (Å²) in [6, 6.07) is 0. The van der Waals surface area contributed by atoms with Gasteiger partial charge in [0.1, 0.15) is 0 Å². The van der Waals surface area contributed by atoms with Crippen LogP contribution in [0.25, 0.3) is 0 Å². The van der Waals surface area contributed by atoms with Crippen LogP contribution in [0.4, 0.5) is 0 Å². The number of carbonyl (C=O) groups excluding carboxylic acids is 1. The molecule has 2 heteroatoms. The topological polar surface area (TPSA) is 17.1 Å². The van der Waals surface area contributed by atoms with Crippen LogP contribution in [0.1, 0.15) is 27.7 Å². The van der Waals surface area contributed by atoms with Gasteiger partial charge in [0.2, 0.25) is 0 Å². The molecule has 56 valence electrons. The molecule has 0 aromatic carbocycles.